The summed E-state index contributed by atoms with van der Waals surface area (Å²) in [5.41, 5.74) is 0.585. The highest BCUT2D eigenvalue weighted by Crippen LogP contribution is 2.34. The maximum Gasteiger partial charge on any atom is 0.312 e. The van der Waals surface area contributed by atoms with Crippen molar-refractivity contribution >= 4 is 33.8 Å². The summed E-state index contributed by atoms with van der Waals surface area (Å²) in [6.45, 7) is 5.20. The summed E-state index contributed by atoms with van der Waals surface area (Å²) >= 11 is 3.13. The lowest BCUT2D eigenvalue weighted by Crippen LogP contribution is -2.58. The SMILES string of the molecule is C[C@@H]1CN(Cc2ccc(F)cc2)[C@@H](C)CN1C(=O)COc1c(C=O)cc(Br)cc1[N+](=O)[O-]. The number of aldehydes is 1. The van der Waals surface area contributed by atoms with Gasteiger partial charge in [0.05, 0.1) is 10.5 Å². The van der Waals surface area contributed by atoms with E-state index < -0.39 is 11.5 Å². The fourth-order valence-electron chi connectivity index (χ4n) is 3.79. The second kappa shape index (κ2) is 10.2. The Labute approximate surface area is 193 Å². The smallest absolute Gasteiger partial charge is 0.312 e. The second-order valence-electron chi connectivity index (χ2n) is 7.81. The number of carbonyl (C=O) groups excluding carboxylic acids is 2. The molecule has 1 fully saturated rings. The molecule has 0 aliphatic carbocycles. The van der Waals surface area contributed by atoms with Crippen LogP contribution in [0.5, 0.6) is 5.75 Å². The van der Waals surface area contributed by atoms with E-state index in [9.17, 15) is 24.1 Å². The first kappa shape index (κ1) is 23.8. The van der Waals surface area contributed by atoms with Crippen molar-refractivity contribution in [3.63, 3.8) is 0 Å². The number of benzene rings is 2. The Kier molecular flexibility index (Phi) is 7.57. The number of nitro benzene ring substituents is 1. The standard InChI is InChI=1S/C22H23BrFN3O5/c1-14-10-26(15(2)9-25(14)11-16-3-5-19(24)6-4-16)21(29)13-32-22-17(12-28)7-18(23)8-20(22)27(30)31/h3-8,12,14-15H,9-11,13H2,1-2H3/t14-,15+/m0/s1. The Morgan fingerprint density at radius 1 is 1.25 bits per heavy atom. The molecule has 1 heterocycles. The van der Waals surface area contributed by atoms with E-state index in [1.165, 1.54) is 24.3 Å². The van der Waals surface area contributed by atoms with Crippen LogP contribution in [0.1, 0.15) is 29.8 Å². The molecule has 2 atom stereocenters. The van der Waals surface area contributed by atoms with E-state index in [-0.39, 0.29) is 40.8 Å². The first-order valence-electron chi connectivity index (χ1n) is 10.0. The minimum atomic E-state index is -0.656. The lowest BCUT2D eigenvalue weighted by Gasteiger charge is -2.44. The first-order chi connectivity index (χ1) is 15.2. The summed E-state index contributed by atoms with van der Waals surface area (Å²) in [7, 11) is 0. The van der Waals surface area contributed by atoms with Gasteiger partial charge >= 0.3 is 5.69 Å². The van der Waals surface area contributed by atoms with Gasteiger partial charge in [0.1, 0.15) is 5.82 Å². The van der Waals surface area contributed by atoms with Crippen LogP contribution in [-0.4, -0.2) is 58.7 Å². The summed E-state index contributed by atoms with van der Waals surface area (Å²) in [5, 5.41) is 11.4. The molecule has 10 heteroatoms. The van der Waals surface area contributed by atoms with Crippen molar-refractivity contribution in [1.82, 2.24) is 9.80 Å². The van der Waals surface area contributed by atoms with Gasteiger partial charge in [-0.2, -0.15) is 0 Å². The molecule has 0 aromatic heterocycles. The Morgan fingerprint density at radius 2 is 1.94 bits per heavy atom. The molecule has 0 N–H and O–H groups in total. The van der Waals surface area contributed by atoms with E-state index in [1.54, 1.807) is 17.0 Å². The van der Waals surface area contributed by atoms with E-state index in [4.69, 9.17) is 4.74 Å². The van der Waals surface area contributed by atoms with E-state index >= 15 is 0 Å². The molecule has 0 bridgehead atoms. The van der Waals surface area contributed by atoms with E-state index in [0.29, 0.717) is 30.4 Å². The van der Waals surface area contributed by atoms with Gasteiger partial charge in [-0.15, -0.1) is 0 Å². The lowest BCUT2D eigenvalue weighted by molar-refractivity contribution is -0.385. The predicted octanol–water partition coefficient (Wildman–Crippen LogP) is 3.81. The van der Waals surface area contributed by atoms with E-state index in [2.05, 4.69) is 20.8 Å². The summed E-state index contributed by atoms with van der Waals surface area (Å²) in [6, 6.07) is 8.90. The van der Waals surface area contributed by atoms with Crippen molar-refractivity contribution in [3.8, 4) is 5.75 Å². The quantitative estimate of drug-likeness (QED) is 0.321. The number of piperazine rings is 1. The molecule has 0 unspecified atom stereocenters. The molecular weight excluding hydrogens is 485 g/mol. The molecule has 0 spiro atoms. The van der Waals surface area contributed by atoms with Crippen molar-refractivity contribution in [2.24, 2.45) is 0 Å². The van der Waals surface area contributed by atoms with Crippen LogP contribution in [0.4, 0.5) is 10.1 Å². The van der Waals surface area contributed by atoms with Crippen LogP contribution in [0.3, 0.4) is 0 Å². The number of hydrogen-bond donors (Lipinski definition) is 0. The zero-order valence-corrected chi connectivity index (χ0v) is 19.2. The highest BCUT2D eigenvalue weighted by atomic mass is 79.9. The molecule has 32 heavy (non-hydrogen) atoms. The third-order valence-corrected chi connectivity index (χ3v) is 5.92. The number of nitro groups is 1. The van der Waals surface area contributed by atoms with E-state index in [1.807, 2.05) is 13.8 Å². The van der Waals surface area contributed by atoms with Gasteiger partial charge in [-0.1, -0.05) is 28.1 Å². The number of amides is 1. The first-order valence-corrected chi connectivity index (χ1v) is 10.8. The minimum absolute atomic E-state index is 0.00981. The molecule has 0 radical (unpaired) electrons. The average molecular weight is 508 g/mol. The van der Waals surface area contributed by atoms with Crippen molar-refractivity contribution in [1.29, 1.82) is 0 Å². The van der Waals surface area contributed by atoms with E-state index in [0.717, 1.165) is 5.56 Å². The topological polar surface area (TPSA) is 93.0 Å². The van der Waals surface area contributed by atoms with Crippen LogP contribution in [0, 0.1) is 15.9 Å². The summed E-state index contributed by atoms with van der Waals surface area (Å²) in [5.74, 6) is -0.827. The fourth-order valence-corrected chi connectivity index (χ4v) is 4.25. The monoisotopic (exact) mass is 507 g/mol. The maximum absolute atomic E-state index is 13.1. The molecule has 0 saturated carbocycles. The van der Waals surface area contributed by atoms with Gasteiger partial charge in [0, 0.05) is 42.3 Å². The fraction of sp³-hybridized carbons (Fsp3) is 0.364. The van der Waals surface area contributed by atoms with Crippen LogP contribution >= 0.6 is 15.9 Å². The van der Waals surface area contributed by atoms with Crippen LogP contribution in [0.15, 0.2) is 40.9 Å². The van der Waals surface area contributed by atoms with Crippen molar-refractivity contribution in [2.45, 2.75) is 32.5 Å². The molecule has 2 aromatic carbocycles. The third-order valence-electron chi connectivity index (χ3n) is 5.46. The summed E-state index contributed by atoms with van der Waals surface area (Å²) in [6.07, 6.45) is 0.455. The predicted molar refractivity (Wildman–Crippen MR) is 119 cm³/mol. The minimum Gasteiger partial charge on any atom is -0.476 e. The zero-order chi connectivity index (χ0) is 23.4. The van der Waals surface area contributed by atoms with Gasteiger partial charge in [-0.3, -0.25) is 24.6 Å². The zero-order valence-electron chi connectivity index (χ0n) is 17.7. The van der Waals surface area contributed by atoms with Crippen LogP contribution in [0.2, 0.25) is 0 Å². The van der Waals surface area contributed by atoms with Crippen LogP contribution in [0.25, 0.3) is 0 Å². The largest absolute Gasteiger partial charge is 0.476 e. The molecule has 2 aromatic rings. The van der Waals surface area contributed by atoms with Gasteiger partial charge in [-0.25, -0.2) is 4.39 Å². The normalized spacial score (nSPS) is 18.9. The van der Waals surface area contributed by atoms with Crippen molar-refractivity contribution in [3.05, 3.63) is 67.9 Å². The van der Waals surface area contributed by atoms with Gasteiger partial charge in [0.2, 0.25) is 5.75 Å². The third kappa shape index (κ3) is 5.49. The molecule has 1 saturated heterocycles. The Hall–Kier alpha value is -2.85. The van der Waals surface area contributed by atoms with Crippen molar-refractivity contribution in [2.75, 3.05) is 19.7 Å². The molecule has 170 valence electrons. The highest BCUT2D eigenvalue weighted by Gasteiger charge is 2.32. The summed E-state index contributed by atoms with van der Waals surface area (Å²) < 4.78 is 19.0. The van der Waals surface area contributed by atoms with Gasteiger partial charge < -0.3 is 9.64 Å². The molecule has 1 aliphatic rings. The molecule has 3 rings (SSSR count). The second-order valence-corrected chi connectivity index (χ2v) is 8.72. The van der Waals surface area contributed by atoms with Gasteiger partial charge in [0.15, 0.2) is 12.9 Å². The highest BCUT2D eigenvalue weighted by molar-refractivity contribution is 9.10. The number of carbonyl (C=O) groups is 2. The number of rotatable bonds is 7. The molecule has 1 amide bonds. The van der Waals surface area contributed by atoms with Gasteiger partial charge in [-0.05, 0) is 37.6 Å². The van der Waals surface area contributed by atoms with Crippen LogP contribution in [-0.2, 0) is 11.3 Å². The average Bonchev–Trinajstić information content (AvgIpc) is 2.75. The number of halogens is 2. The maximum atomic E-state index is 13.1. The summed E-state index contributed by atoms with van der Waals surface area (Å²) in [4.78, 5) is 38.8. The van der Waals surface area contributed by atoms with Gasteiger partial charge in [0.25, 0.3) is 5.91 Å². The number of hydrogen-bond acceptors (Lipinski definition) is 6. The molecule has 8 nitrogen and oxygen atoms in total. The lowest BCUT2D eigenvalue weighted by atomic mass is 10.1. The van der Waals surface area contributed by atoms with Crippen LogP contribution < -0.4 is 4.74 Å². The molecular formula is C22H23BrFN3O5. The Bertz CT molecular complexity index is 1020. The number of nitrogens with zero attached hydrogens (tertiary/aromatic N) is 3. The number of ether oxygens (including phenoxy) is 1. The Balaban J connectivity index is 1.66. The molecule has 1 aliphatic heterocycles. The van der Waals surface area contributed by atoms with Crippen molar-refractivity contribution < 1.29 is 23.6 Å². The Morgan fingerprint density at radius 3 is 2.56 bits per heavy atom.